The highest BCUT2D eigenvalue weighted by Gasteiger charge is 2.66. The van der Waals surface area contributed by atoms with Crippen LogP contribution in [0, 0.1) is 67.9 Å². The van der Waals surface area contributed by atoms with Crippen molar-refractivity contribution >= 4 is 35.1 Å². The summed E-state index contributed by atoms with van der Waals surface area (Å²) in [5.41, 5.74) is 1.59. The molecule has 6 fully saturated rings. The maximum Gasteiger partial charge on any atom is 0.416 e. The number of rotatable bonds is 12. The molecule has 2 spiro atoms. The molecule has 12 nitrogen and oxygen atoms in total. The molecule has 0 radical (unpaired) electrons. The maximum atomic E-state index is 14.8. The van der Waals surface area contributed by atoms with E-state index in [9.17, 15) is 67.5 Å². The van der Waals surface area contributed by atoms with Crippen molar-refractivity contribution in [1.82, 2.24) is 9.80 Å². The highest BCUT2D eigenvalue weighted by molar-refractivity contribution is 6.10. The monoisotopic (exact) mass is 1380 g/mol. The van der Waals surface area contributed by atoms with Gasteiger partial charge >= 0.3 is 30.5 Å². The molecule has 6 aliphatic heterocycles. The Bertz CT molecular complexity index is 4090. The van der Waals surface area contributed by atoms with E-state index in [0.29, 0.717) is 92.7 Å². The predicted octanol–water partition coefficient (Wildman–Crippen LogP) is 15.0. The second kappa shape index (κ2) is 26.7. The van der Waals surface area contributed by atoms with Gasteiger partial charge < -0.3 is 28.7 Å². The molecular formula is C76H77F11N4O8. The minimum Gasteiger partial charge on any atom is -0.469 e. The lowest BCUT2D eigenvalue weighted by Gasteiger charge is -2.50. The molecule has 2 saturated carbocycles. The van der Waals surface area contributed by atoms with Crippen molar-refractivity contribution in [3.8, 4) is 0 Å². The van der Waals surface area contributed by atoms with Gasteiger partial charge in [0, 0.05) is 36.5 Å². The Morgan fingerprint density at radius 3 is 1.43 bits per heavy atom. The number of anilines is 2. The van der Waals surface area contributed by atoms with E-state index in [2.05, 4.69) is 41.8 Å². The third kappa shape index (κ3) is 12.8. The molecule has 23 heteroatoms. The number of hydrogen-bond acceptors (Lipinski definition) is 10. The Labute approximate surface area is 566 Å². The van der Waals surface area contributed by atoms with Crippen LogP contribution in [0.5, 0.6) is 0 Å². The molecule has 6 aromatic rings. The van der Waals surface area contributed by atoms with Crippen molar-refractivity contribution < 1.29 is 86.4 Å². The smallest absolute Gasteiger partial charge is 0.416 e. The van der Waals surface area contributed by atoms with Crippen LogP contribution in [0.15, 0.2) is 121 Å². The normalized spacial score (nSPS) is 28.0. The minimum atomic E-state index is -4.85. The van der Waals surface area contributed by atoms with Gasteiger partial charge in [-0.1, -0.05) is 89.5 Å². The van der Waals surface area contributed by atoms with E-state index in [1.807, 2.05) is 24.3 Å². The Hall–Kier alpha value is -7.73. The molecule has 2 aliphatic carbocycles. The van der Waals surface area contributed by atoms with Crippen LogP contribution >= 0.6 is 0 Å². The Kier molecular flexibility index (Phi) is 18.8. The minimum absolute atomic E-state index is 0.0201. The Morgan fingerprint density at radius 1 is 0.505 bits per heavy atom. The van der Waals surface area contributed by atoms with Crippen LogP contribution < -0.4 is 9.80 Å². The molecule has 0 bridgehead atoms. The van der Waals surface area contributed by atoms with E-state index in [0.717, 1.165) is 79.1 Å². The average Bonchev–Trinajstić information content (AvgIpc) is 1.55. The summed E-state index contributed by atoms with van der Waals surface area (Å²) < 4.78 is 175. The second-order valence-corrected chi connectivity index (χ2v) is 28.4. The Morgan fingerprint density at radius 2 is 0.949 bits per heavy atom. The molecule has 14 rings (SSSR count). The lowest BCUT2D eigenvalue weighted by Crippen LogP contribution is -2.58. The number of para-hydroxylation sites is 2. The first-order chi connectivity index (χ1) is 47.0. The summed E-state index contributed by atoms with van der Waals surface area (Å²) in [7, 11) is 2.65. The van der Waals surface area contributed by atoms with E-state index in [1.54, 1.807) is 42.2 Å². The van der Waals surface area contributed by atoms with Crippen LogP contribution in [0.2, 0.25) is 0 Å². The Balaban J connectivity index is 0.000000178. The maximum absolute atomic E-state index is 14.8. The van der Waals surface area contributed by atoms with E-state index >= 15 is 0 Å². The first-order valence-corrected chi connectivity index (χ1v) is 33.7. The topological polar surface area (TPSA) is 118 Å². The fourth-order valence-corrected chi connectivity index (χ4v) is 18.7. The van der Waals surface area contributed by atoms with Crippen LogP contribution in [-0.4, -0.2) is 98.2 Å². The summed E-state index contributed by atoms with van der Waals surface area (Å²) in [6, 6.07) is 29.2. The zero-order chi connectivity index (χ0) is 70.4. The molecule has 6 aromatic carbocycles. The summed E-state index contributed by atoms with van der Waals surface area (Å²) in [5.74, 6) is -4.89. The summed E-state index contributed by atoms with van der Waals surface area (Å²) >= 11 is 0. The zero-order valence-corrected chi connectivity index (χ0v) is 55.3. The molecule has 99 heavy (non-hydrogen) atoms. The van der Waals surface area contributed by atoms with Gasteiger partial charge in [0.2, 0.25) is 11.8 Å². The average molecular weight is 1380 g/mol. The molecule has 0 N–H and O–H groups in total. The van der Waals surface area contributed by atoms with Gasteiger partial charge in [0.15, 0.2) is 0 Å². The highest BCUT2D eigenvalue weighted by Crippen LogP contribution is 2.59. The predicted molar refractivity (Wildman–Crippen MR) is 343 cm³/mol. The quantitative estimate of drug-likeness (QED) is 0.0866. The molecule has 0 aromatic heterocycles. The van der Waals surface area contributed by atoms with Crippen LogP contribution in [0.25, 0.3) is 0 Å². The number of amides is 2. The highest BCUT2D eigenvalue weighted by atomic mass is 19.4. The summed E-state index contributed by atoms with van der Waals surface area (Å²) in [5, 5.41) is 0. The van der Waals surface area contributed by atoms with Crippen LogP contribution in [-0.2, 0) is 93.8 Å². The van der Waals surface area contributed by atoms with Gasteiger partial charge in [-0.3, -0.25) is 29.0 Å². The number of fused-ring (bicyclic) bond motifs is 10. The SMILES string of the molecule is COC(=O)[C@@H]1[C@H]2C[C@@H]3N(CC[C@@]34C(=O)N(Cc3cc(C)cc(C(F)(F)F)c3)c3ccccc34)C[C@@H]2CC[C@@H]1OCc1cc(C)cc(C)c1.COC(=O)[C@@H]1[C@H]2C[C@@H]3N(CC[C@@]34C(=O)N(Cc3ccc(F)cc3C(F)(F)F)c3ccccc34)C[C@@H]2CC[C@@H]1OCc1ccc(F)cc1C(F)(F)F. The van der Waals surface area contributed by atoms with Crippen LogP contribution in [0.4, 0.5) is 59.7 Å². The lowest BCUT2D eigenvalue weighted by atomic mass is 9.62. The van der Waals surface area contributed by atoms with Gasteiger partial charge in [0.05, 0.1) is 92.1 Å². The number of carbonyl (C=O) groups is 4. The number of benzene rings is 6. The number of alkyl halides is 9. The van der Waals surface area contributed by atoms with E-state index < -0.39 is 101 Å². The van der Waals surface area contributed by atoms with Crippen molar-refractivity contribution in [3.05, 3.63) is 200 Å². The van der Waals surface area contributed by atoms with Crippen molar-refractivity contribution in [2.45, 2.75) is 152 Å². The summed E-state index contributed by atoms with van der Waals surface area (Å²) in [4.78, 5) is 64.1. The lowest BCUT2D eigenvalue weighted by molar-refractivity contribution is -0.166. The first kappa shape index (κ1) is 69.7. The van der Waals surface area contributed by atoms with Gasteiger partial charge in [-0.05, 0) is 191 Å². The van der Waals surface area contributed by atoms with Gasteiger partial charge in [0.25, 0.3) is 0 Å². The number of esters is 2. The van der Waals surface area contributed by atoms with E-state index in [4.69, 9.17) is 18.9 Å². The van der Waals surface area contributed by atoms with Crippen LogP contribution in [0.1, 0.15) is 118 Å². The molecule has 12 atom stereocenters. The van der Waals surface area contributed by atoms with Crippen molar-refractivity contribution in [2.24, 2.45) is 35.5 Å². The number of methoxy groups -OCH3 is 2. The molecule has 6 heterocycles. The van der Waals surface area contributed by atoms with Gasteiger partial charge in [0.1, 0.15) is 11.6 Å². The number of carbonyl (C=O) groups excluding carboxylic acids is 4. The fourth-order valence-electron chi connectivity index (χ4n) is 18.7. The largest absolute Gasteiger partial charge is 0.469 e. The molecule has 4 saturated heterocycles. The van der Waals surface area contributed by atoms with Crippen LogP contribution in [0.3, 0.4) is 0 Å². The third-order valence-corrected chi connectivity index (χ3v) is 22.8. The van der Waals surface area contributed by atoms with E-state index in [-0.39, 0.29) is 71.3 Å². The van der Waals surface area contributed by atoms with Gasteiger partial charge in [-0.25, -0.2) is 8.78 Å². The van der Waals surface area contributed by atoms with Crippen molar-refractivity contribution in [1.29, 1.82) is 0 Å². The van der Waals surface area contributed by atoms with E-state index in [1.165, 1.54) is 30.2 Å². The van der Waals surface area contributed by atoms with Gasteiger partial charge in [-0.2, -0.15) is 39.5 Å². The zero-order valence-electron chi connectivity index (χ0n) is 55.3. The summed E-state index contributed by atoms with van der Waals surface area (Å²) in [6.45, 7) is 7.88. The number of hydrogen-bond donors (Lipinski definition) is 0. The summed E-state index contributed by atoms with van der Waals surface area (Å²) in [6.07, 6.45) is -10.6. The van der Waals surface area contributed by atoms with Crippen molar-refractivity contribution in [3.63, 3.8) is 0 Å². The molecule has 8 aliphatic rings. The second-order valence-electron chi connectivity index (χ2n) is 28.4. The molecule has 2 amide bonds. The molecular weight excluding hydrogens is 1310 g/mol. The third-order valence-electron chi connectivity index (χ3n) is 22.8. The standard InChI is InChI=1S/C39H43F3N2O4.C37H34F8N2O4/c1-23-13-24(2)16-27(15-23)22-48-33-10-9-28-21-43-12-11-38(34(43)19-30(28)35(33)36(45)47-4)31-7-5-6-8-32(31)44(37(38)46)20-26-14-25(3)17-29(18-26)39(40,41)42;1-50-33(48)32-25-16-31-35(26-4-2-3-5-29(26)47(34(35)49)18-21-6-9-23(38)14-27(21)36(40,41)42)12-13-46(31)17-20(25)8-11-30(32)51-19-22-7-10-24(39)15-28(22)37(43,44)45/h5-8,13-18,28,30,33-35H,9-12,19-22H2,1-4H3;2-7,9-10,14-15,20,25,30-32H,8,11-13,16-19H2,1H3/t28-,30-,33-,34-,35+,38-;20-,25-,30-,31-,32+,35-/m00/s1. The van der Waals surface area contributed by atoms with Gasteiger partial charge in [-0.15, -0.1) is 0 Å². The molecule has 0 unspecified atom stereocenters. The number of halogens is 11. The number of ether oxygens (including phenoxy) is 4. The number of nitrogens with zero attached hydrogens (tertiary/aromatic N) is 4. The first-order valence-electron chi connectivity index (χ1n) is 33.7. The number of aryl methyl sites for hydroxylation is 3. The van der Waals surface area contributed by atoms with Crippen molar-refractivity contribution in [2.75, 3.05) is 50.2 Å². The number of piperidine rings is 2. The fraction of sp³-hybridized carbons (Fsp3) is 0.474. The molecule has 526 valence electrons.